The zero-order chi connectivity index (χ0) is 27.9. The van der Waals surface area contributed by atoms with Gasteiger partial charge in [-0.2, -0.15) is 0 Å². The molecule has 0 radical (unpaired) electrons. The first kappa shape index (κ1) is 27.0. The van der Waals surface area contributed by atoms with E-state index >= 15 is 0 Å². The number of hydrogen-bond donors (Lipinski definition) is 0. The van der Waals surface area contributed by atoms with Gasteiger partial charge in [-0.1, -0.05) is 42.5 Å². The summed E-state index contributed by atoms with van der Waals surface area (Å²) < 4.78 is 22.2. The van der Waals surface area contributed by atoms with E-state index in [0.717, 1.165) is 41.0 Å². The van der Waals surface area contributed by atoms with Crippen LogP contribution in [0.25, 0.3) is 11.5 Å². The molecule has 1 fully saturated rings. The molecule has 5 rings (SSSR count). The van der Waals surface area contributed by atoms with Crippen LogP contribution in [0.2, 0.25) is 0 Å². The highest BCUT2D eigenvalue weighted by molar-refractivity contribution is 5.79. The van der Waals surface area contributed by atoms with Crippen molar-refractivity contribution in [1.29, 1.82) is 0 Å². The molecular weight excluding hydrogens is 508 g/mol. The summed E-state index contributed by atoms with van der Waals surface area (Å²) in [5.41, 5.74) is 3.77. The lowest BCUT2D eigenvalue weighted by atomic mass is 10.1. The van der Waals surface area contributed by atoms with Crippen LogP contribution >= 0.6 is 0 Å². The molecule has 206 valence electrons. The van der Waals surface area contributed by atoms with Crippen molar-refractivity contribution in [3.05, 3.63) is 101 Å². The van der Waals surface area contributed by atoms with E-state index in [4.69, 9.17) is 18.6 Å². The third kappa shape index (κ3) is 7.08. The third-order valence-corrected chi connectivity index (χ3v) is 6.74. The minimum atomic E-state index is -0.614. The number of benzene rings is 3. The van der Waals surface area contributed by atoms with Crippen molar-refractivity contribution in [3.63, 3.8) is 0 Å². The highest BCUT2D eigenvalue weighted by atomic mass is 16.6. The molecule has 0 spiro atoms. The maximum Gasteiger partial charge on any atom is 0.416 e. The topological polar surface area (TPSA) is 91.1 Å². The fourth-order valence-corrected chi connectivity index (χ4v) is 4.36. The van der Waals surface area contributed by atoms with Crippen molar-refractivity contribution in [2.45, 2.75) is 38.6 Å². The maximum absolute atomic E-state index is 13.0. The first-order chi connectivity index (χ1) is 19.5. The largest absolute Gasteiger partial charge is 0.493 e. The van der Waals surface area contributed by atoms with E-state index in [1.54, 1.807) is 6.07 Å². The normalized spacial score (nSPS) is 12.6. The van der Waals surface area contributed by atoms with Crippen LogP contribution in [0, 0.1) is 6.92 Å². The van der Waals surface area contributed by atoms with E-state index in [2.05, 4.69) is 4.98 Å². The molecule has 0 unspecified atom stereocenters. The second kappa shape index (κ2) is 12.5. The SMILES string of the molecule is COC(=O)CN(Cc1ccc(OCCc2nc(-c3ccccc3)oc2C)cc1)C(=O)Oc1cccc(C2CC2)c1. The molecule has 1 aliphatic rings. The smallest absolute Gasteiger partial charge is 0.416 e. The molecular formula is C32H32N2O6. The number of esters is 1. The number of oxazole rings is 1. The first-order valence-electron chi connectivity index (χ1n) is 13.4. The first-order valence-corrected chi connectivity index (χ1v) is 13.4. The van der Waals surface area contributed by atoms with Gasteiger partial charge in [-0.15, -0.1) is 0 Å². The molecule has 0 aliphatic heterocycles. The number of amides is 1. The van der Waals surface area contributed by atoms with Crippen molar-refractivity contribution in [2.24, 2.45) is 0 Å². The standard InChI is InChI=1S/C32H32N2O6/c1-22-29(33-31(39-22)25-7-4-3-5-8-25)17-18-38-27-15-11-23(12-16-27)20-34(21-30(35)37-2)32(36)40-28-10-6-9-26(19-28)24-13-14-24/h3-12,15-16,19,24H,13-14,17-18,20-21H2,1-2H3. The van der Waals surface area contributed by atoms with E-state index in [0.29, 0.717) is 36.3 Å². The molecule has 1 amide bonds. The van der Waals surface area contributed by atoms with Gasteiger partial charge in [-0.25, -0.2) is 9.78 Å². The van der Waals surface area contributed by atoms with Gasteiger partial charge in [0.25, 0.3) is 0 Å². The van der Waals surface area contributed by atoms with Crippen molar-refractivity contribution < 1.29 is 28.2 Å². The van der Waals surface area contributed by atoms with Crippen molar-refractivity contribution in [1.82, 2.24) is 9.88 Å². The van der Waals surface area contributed by atoms with Crippen LogP contribution in [0.3, 0.4) is 0 Å². The summed E-state index contributed by atoms with van der Waals surface area (Å²) in [6.45, 7) is 2.29. The molecule has 1 aliphatic carbocycles. The van der Waals surface area contributed by atoms with Crippen LogP contribution in [0.5, 0.6) is 11.5 Å². The van der Waals surface area contributed by atoms with E-state index < -0.39 is 12.1 Å². The van der Waals surface area contributed by atoms with Gasteiger partial charge >= 0.3 is 12.1 Å². The van der Waals surface area contributed by atoms with Crippen LogP contribution in [0.1, 0.15) is 41.3 Å². The average Bonchev–Trinajstić information content (AvgIpc) is 3.77. The van der Waals surface area contributed by atoms with Crippen LogP contribution < -0.4 is 9.47 Å². The molecule has 4 aromatic rings. The summed E-state index contributed by atoms with van der Waals surface area (Å²) in [5.74, 6) is 2.54. The van der Waals surface area contributed by atoms with Gasteiger partial charge in [-0.05, 0) is 73.2 Å². The highest BCUT2D eigenvalue weighted by Crippen LogP contribution is 2.41. The predicted molar refractivity (Wildman–Crippen MR) is 149 cm³/mol. The number of ether oxygens (including phenoxy) is 3. The maximum atomic E-state index is 13.0. The molecule has 40 heavy (non-hydrogen) atoms. The monoisotopic (exact) mass is 540 g/mol. The molecule has 0 N–H and O–H groups in total. The number of nitrogens with zero attached hydrogens (tertiary/aromatic N) is 2. The minimum Gasteiger partial charge on any atom is -0.493 e. The molecule has 0 saturated heterocycles. The van der Waals surface area contributed by atoms with Crippen molar-refractivity contribution in [3.8, 4) is 23.0 Å². The molecule has 1 aromatic heterocycles. The van der Waals surface area contributed by atoms with E-state index in [9.17, 15) is 9.59 Å². The summed E-state index contributed by atoms with van der Waals surface area (Å²) in [4.78, 5) is 30.9. The number of rotatable bonds is 11. The van der Waals surface area contributed by atoms with Crippen LogP contribution in [0.15, 0.2) is 83.3 Å². The van der Waals surface area contributed by atoms with E-state index in [-0.39, 0.29) is 13.1 Å². The number of aromatic nitrogens is 1. The Labute approximate surface area is 233 Å². The molecule has 0 bridgehead atoms. The average molecular weight is 541 g/mol. The minimum absolute atomic E-state index is 0.178. The Morgan fingerprint density at radius 1 is 0.975 bits per heavy atom. The quantitative estimate of drug-likeness (QED) is 0.206. The van der Waals surface area contributed by atoms with Gasteiger partial charge in [0, 0.05) is 18.5 Å². The van der Waals surface area contributed by atoms with Gasteiger partial charge in [0.15, 0.2) is 0 Å². The van der Waals surface area contributed by atoms with Crippen LogP contribution in [-0.2, 0) is 22.5 Å². The molecule has 3 aromatic carbocycles. The molecule has 1 saturated carbocycles. The zero-order valence-corrected chi connectivity index (χ0v) is 22.7. The highest BCUT2D eigenvalue weighted by Gasteiger charge is 2.25. The Bertz CT molecular complexity index is 1440. The van der Waals surface area contributed by atoms with E-state index in [1.807, 2.05) is 79.7 Å². The molecule has 1 heterocycles. The lowest BCUT2D eigenvalue weighted by Gasteiger charge is -2.21. The second-order valence-electron chi connectivity index (χ2n) is 9.78. The van der Waals surface area contributed by atoms with E-state index in [1.165, 1.54) is 12.0 Å². The molecule has 8 heteroatoms. The third-order valence-electron chi connectivity index (χ3n) is 6.74. The van der Waals surface area contributed by atoms with Crippen molar-refractivity contribution in [2.75, 3.05) is 20.3 Å². The van der Waals surface area contributed by atoms with Gasteiger partial charge < -0.3 is 18.6 Å². The number of methoxy groups -OCH3 is 1. The predicted octanol–water partition coefficient (Wildman–Crippen LogP) is 6.32. The summed E-state index contributed by atoms with van der Waals surface area (Å²) >= 11 is 0. The zero-order valence-electron chi connectivity index (χ0n) is 22.7. The Morgan fingerprint density at radius 2 is 1.75 bits per heavy atom. The van der Waals surface area contributed by atoms with Gasteiger partial charge in [0.2, 0.25) is 5.89 Å². The lowest BCUT2D eigenvalue weighted by molar-refractivity contribution is -0.141. The number of hydrogen-bond acceptors (Lipinski definition) is 7. The summed E-state index contributed by atoms with van der Waals surface area (Å²) in [5, 5.41) is 0. The lowest BCUT2D eigenvalue weighted by Crippen LogP contribution is -2.37. The Hall–Kier alpha value is -4.59. The summed E-state index contributed by atoms with van der Waals surface area (Å²) in [7, 11) is 1.29. The fourth-order valence-electron chi connectivity index (χ4n) is 4.36. The fraction of sp³-hybridized carbons (Fsp3) is 0.281. The van der Waals surface area contributed by atoms with Gasteiger partial charge in [0.05, 0.1) is 19.4 Å². The van der Waals surface area contributed by atoms with Crippen LogP contribution in [0.4, 0.5) is 4.79 Å². The number of carbonyl (C=O) groups is 2. The Morgan fingerprint density at radius 3 is 2.48 bits per heavy atom. The number of carbonyl (C=O) groups excluding carboxylic acids is 2. The summed E-state index contributed by atoms with van der Waals surface area (Å²) in [6.07, 6.45) is 2.29. The second-order valence-corrected chi connectivity index (χ2v) is 9.78. The van der Waals surface area contributed by atoms with Gasteiger partial charge in [-0.3, -0.25) is 9.69 Å². The summed E-state index contributed by atoms with van der Waals surface area (Å²) in [6, 6.07) is 24.7. The molecule has 0 atom stereocenters. The van der Waals surface area contributed by atoms with Gasteiger partial charge in [0.1, 0.15) is 23.8 Å². The van der Waals surface area contributed by atoms with Crippen LogP contribution in [-0.4, -0.2) is 42.2 Å². The number of aryl methyl sites for hydroxylation is 1. The Balaban J connectivity index is 1.17. The Kier molecular flexibility index (Phi) is 8.44. The van der Waals surface area contributed by atoms with Crippen molar-refractivity contribution >= 4 is 12.1 Å². The molecule has 8 nitrogen and oxygen atoms in total.